The van der Waals surface area contributed by atoms with E-state index < -0.39 is 0 Å². The van der Waals surface area contributed by atoms with Gasteiger partial charge in [0, 0.05) is 18.9 Å². The van der Waals surface area contributed by atoms with E-state index in [4.69, 9.17) is 5.73 Å². The van der Waals surface area contributed by atoms with Crippen LogP contribution in [-0.4, -0.2) is 20.9 Å². The Balaban J connectivity index is 1.89. The zero-order valence-corrected chi connectivity index (χ0v) is 13.7. The van der Waals surface area contributed by atoms with Crippen LogP contribution in [0.3, 0.4) is 0 Å². The van der Waals surface area contributed by atoms with Crippen molar-refractivity contribution in [1.29, 1.82) is 0 Å². The topological polar surface area (TPSA) is 68.2 Å². The molecule has 1 saturated heterocycles. The van der Waals surface area contributed by atoms with E-state index in [1.807, 2.05) is 10.6 Å². The lowest BCUT2D eigenvalue weighted by molar-refractivity contribution is 0.580. The van der Waals surface area contributed by atoms with Crippen molar-refractivity contribution in [3.8, 4) is 0 Å². The highest BCUT2D eigenvalue weighted by Crippen LogP contribution is 2.34. The van der Waals surface area contributed by atoms with Gasteiger partial charge in [0.2, 0.25) is 0 Å². The lowest BCUT2D eigenvalue weighted by Crippen LogP contribution is -2.16. The first-order valence-corrected chi connectivity index (χ1v) is 8.10. The molecule has 0 spiro atoms. The molecule has 21 heavy (non-hydrogen) atoms. The van der Waals surface area contributed by atoms with E-state index in [-0.39, 0.29) is 6.04 Å². The van der Waals surface area contributed by atoms with E-state index in [2.05, 4.69) is 44.7 Å². The number of nitrogens with one attached hydrogen (secondary N) is 1. The van der Waals surface area contributed by atoms with Gasteiger partial charge in [0.05, 0.1) is 6.04 Å². The molecule has 0 radical (unpaired) electrons. The van der Waals surface area contributed by atoms with Crippen molar-refractivity contribution in [1.82, 2.24) is 19.7 Å². The van der Waals surface area contributed by atoms with E-state index in [9.17, 15) is 0 Å². The van der Waals surface area contributed by atoms with E-state index in [1.165, 1.54) is 5.57 Å². The Morgan fingerprint density at radius 2 is 2.43 bits per heavy atom. The number of rotatable bonds is 4. The summed E-state index contributed by atoms with van der Waals surface area (Å²) in [4.78, 5) is 8.77. The average molecular weight is 350 g/mol. The standard InChI is InChI=1S/C15H20BrN5/c1-3-4-9(2)10-7-11(19-8-10)15-20-13(16)12-14(17)18-5-6-21(12)15/h5-6,10-11,19H,2-4,7-8H2,1H3,(H2,17,18)/t10?,11-/m0/s1. The van der Waals surface area contributed by atoms with Crippen LogP contribution in [-0.2, 0) is 0 Å². The summed E-state index contributed by atoms with van der Waals surface area (Å²) < 4.78 is 2.77. The quantitative estimate of drug-likeness (QED) is 0.832. The SMILES string of the molecule is C=C(CCC)C1CN[C@H](c2nc(Br)c3c(N)nccn23)C1. The Morgan fingerprint density at radius 1 is 1.62 bits per heavy atom. The van der Waals surface area contributed by atoms with Crippen molar-refractivity contribution >= 4 is 27.3 Å². The number of halogens is 1. The van der Waals surface area contributed by atoms with Gasteiger partial charge in [-0.25, -0.2) is 9.97 Å². The van der Waals surface area contributed by atoms with Crippen molar-refractivity contribution < 1.29 is 0 Å². The first kappa shape index (κ1) is 14.5. The molecule has 6 heteroatoms. The Labute approximate surface area is 132 Å². The van der Waals surface area contributed by atoms with Crippen LogP contribution in [0.4, 0.5) is 5.82 Å². The molecule has 0 aliphatic carbocycles. The summed E-state index contributed by atoms with van der Waals surface area (Å²) >= 11 is 3.49. The van der Waals surface area contributed by atoms with Crippen molar-refractivity contribution in [2.24, 2.45) is 5.92 Å². The molecule has 0 bridgehead atoms. The molecule has 1 aliphatic heterocycles. The van der Waals surface area contributed by atoms with Gasteiger partial charge in [-0.3, -0.25) is 4.40 Å². The second-order valence-electron chi connectivity index (χ2n) is 5.59. The lowest BCUT2D eigenvalue weighted by Gasteiger charge is -2.12. The zero-order chi connectivity index (χ0) is 15.0. The molecule has 2 aromatic heterocycles. The normalized spacial score (nSPS) is 22.0. The number of aromatic nitrogens is 3. The lowest BCUT2D eigenvalue weighted by atomic mass is 9.94. The summed E-state index contributed by atoms with van der Waals surface area (Å²) in [7, 11) is 0. The van der Waals surface area contributed by atoms with E-state index in [1.54, 1.807) is 6.20 Å². The van der Waals surface area contributed by atoms with Crippen LogP contribution >= 0.6 is 15.9 Å². The molecule has 0 amide bonds. The van der Waals surface area contributed by atoms with Crippen molar-refractivity contribution in [2.75, 3.05) is 12.3 Å². The minimum atomic E-state index is 0.226. The van der Waals surface area contributed by atoms with Crippen LogP contribution in [0.25, 0.3) is 5.52 Å². The third-order valence-electron chi connectivity index (χ3n) is 4.16. The van der Waals surface area contributed by atoms with Crippen LogP contribution in [0.2, 0.25) is 0 Å². The van der Waals surface area contributed by atoms with E-state index in [0.717, 1.165) is 41.8 Å². The number of hydrogen-bond acceptors (Lipinski definition) is 4. The number of anilines is 1. The predicted octanol–water partition coefficient (Wildman–Crippen LogP) is 3.08. The van der Waals surface area contributed by atoms with Gasteiger partial charge in [0.1, 0.15) is 15.9 Å². The van der Waals surface area contributed by atoms with Gasteiger partial charge < -0.3 is 11.1 Å². The fourth-order valence-corrected chi connectivity index (χ4v) is 3.63. The molecule has 3 rings (SSSR count). The first-order valence-electron chi connectivity index (χ1n) is 7.30. The molecule has 112 valence electrons. The van der Waals surface area contributed by atoms with Crippen molar-refractivity contribution in [3.05, 3.63) is 35.0 Å². The van der Waals surface area contributed by atoms with Gasteiger partial charge in [0.25, 0.3) is 0 Å². The molecule has 3 N–H and O–H groups in total. The first-order chi connectivity index (χ1) is 10.1. The maximum absolute atomic E-state index is 5.95. The van der Waals surface area contributed by atoms with Gasteiger partial charge in [-0.1, -0.05) is 25.5 Å². The molecule has 0 aromatic carbocycles. The molecule has 5 nitrogen and oxygen atoms in total. The Bertz CT molecular complexity index is 678. The summed E-state index contributed by atoms with van der Waals surface area (Å²) in [6.07, 6.45) is 6.91. The molecule has 2 aromatic rings. The number of fused-ring (bicyclic) bond motifs is 1. The summed E-state index contributed by atoms with van der Waals surface area (Å²) in [5.74, 6) is 2.01. The molecule has 3 heterocycles. The minimum Gasteiger partial charge on any atom is -0.382 e. The van der Waals surface area contributed by atoms with Crippen LogP contribution in [0, 0.1) is 5.92 Å². The third kappa shape index (κ3) is 2.58. The van der Waals surface area contributed by atoms with Gasteiger partial charge in [-0.2, -0.15) is 0 Å². The maximum atomic E-state index is 5.95. The molecular formula is C15H20BrN5. The second-order valence-corrected chi connectivity index (χ2v) is 6.34. The van der Waals surface area contributed by atoms with Gasteiger partial charge in [-0.15, -0.1) is 0 Å². The predicted molar refractivity (Wildman–Crippen MR) is 88.0 cm³/mol. The second kappa shape index (κ2) is 5.77. The molecule has 2 atom stereocenters. The van der Waals surface area contributed by atoms with Gasteiger partial charge in [-0.05, 0) is 34.7 Å². The highest BCUT2D eigenvalue weighted by atomic mass is 79.9. The number of imidazole rings is 1. The largest absolute Gasteiger partial charge is 0.382 e. The maximum Gasteiger partial charge on any atom is 0.150 e. The van der Waals surface area contributed by atoms with E-state index >= 15 is 0 Å². The summed E-state index contributed by atoms with van der Waals surface area (Å²) in [5.41, 5.74) is 8.13. The van der Waals surface area contributed by atoms with Crippen molar-refractivity contribution in [2.45, 2.75) is 32.2 Å². The number of nitrogens with zero attached hydrogens (tertiary/aromatic N) is 3. The molecule has 1 aliphatic rings. The van der Waals surface area contributed by atoms with E-state index in [0.29, 0.717) is 11.7 Å². The minimum absolute atomic E-state index is 0.226. The Morgan fingerprint density at radius 3 is 3.19 bits per heavy atom. The van der Waals surface area contributed by atoms with Crippen LogP contribution in [0.1, 0.15) is 38.1 Å². The molecule has 1 fully saturated rings. The number of nitrogen functional groups attached to an aromatic ring is 1. The molecule has 0 saturated carbocycles. The fraction of sp³-hybridized carbons (Fsp3) is 0.467. The smallest absolute Gasteiger partial charge is 0.150 e. The fourth-order valence-electron chi connectivity index (χ4n) is 3.06. The number of nitrogens with two attached hydrogens (primary N) is 1. The van der Waals surface area contributed by atoms with Crippen LogP contribution in [0.15, 0.2) is 29.1 Å². The average Bonchev–Trinajstić information content (AvgIpc) is 3.05. The van der Waals surface area contributed by atoms with Crippen LogP contribution < -0.4 is 11.1 Å². The van der Waals surface area contributed by atoms with Crippen LogP contribution in [0.5, 0.6) is 0 Å². The summed E-state index contributed by atoms with van der Waals surface area (Å²) in [5, 5.41) is 3.56. The Kier molecular flexibility index (Phi) is 3.99. The zero-order valence-electron chi connectivity index (χ0n) is 12.1. The van der Waals surface area contributed by atoms with Gasteiger partial charge in [0.15, 0.2) is 5.82 Å². The highest BCUT2D eigenvalue weighted by molar-refractivity contribution is 9.10. The summed E-state index contributed by atoms with van der Waals surface area (Å²) in [6.45, 7) is 7.39. The Hall–Kier alpha value is -1.40. The molecular weight excluding hydrogens is 330 g/mol. The third-order valence-corrected chi connectivity index (χ3v) is 4.71. The van der Waals surface area contributed by atoms with Gasteiger partial charge >= 0.3 is 0 Å². The summed E-state index contributed by atoms with van der Waals surface area (Å²) in [6, 6.07) is 0.226. The monoisotopic (exact) mass is 349 g/mol. The molecule has 1 unspecified atom stereocenters. The number of hydrogen-bond donors (Lipinski definition) is 2. The highest BCUT2D eigenvalue weighted by Gasteiger charge is 2.30. The van der Waals surface area contributed by atoms with Crippen molar-refractivity contribution in [3.63, 3.8) is 0 Å².